The summed E-state index contributed by atoms with van der Waals surface area (Å²) in [5, 5.41) is 0. The zero-order chi connectivity index (χ0) is 10.8. The lowest BCUT2D eigenvalue weighted by Gasteiger charge is -2.34. The first-order chi connectivity index (χ1) is 6.46. The molecule has 14 heavy (non-hydrogen) atoms. The number of halogens is 3. The number of alkyl halides is 3. The molecule has 82 valence electrons. The van der Waals surface area contributed by atoms with Crippen molar-refractivity contribution < 1.29 is 18.0 Å². The largest absolute Gasteiger partial charge is 0.410 e. The van der Waals surface area contributed by atoms with Crippen LogP contribution < -0.4 is 5.73 Å². The highest BCUT2D eigenvalue weighted by Gasteiger charge is 2.44. The zero-order valence-electron chi connectivity index (χ0n) is 7.68. The van der Waals surface area contributed by atoms with Crippen molar-refractivity contribution in [1.82, 2.24) is 4.90 Å². The van der Waals surface area contributed by atoms with Crippen LogP contribution in [0.25, 0.3) is 0 Å². The van der Waals surface area contributed by atoms with Gasteiger partial charge < -0.3 is 10.6 Å². The molecule has 1 saturated heterocycles. The normalized spacial score (nSPS) is 21.1. The van der Waals surface area contributed by atoms with Gasteiger partial charge in [0.15, 0.2) is 0 Å². The molecule has 3 nitrogen and oxygen atoms in total. The Bertz CT molecular complexity index is 217. The zero-order valence-corrected chi connectivity index (χ0v) is 7.68. The van der Waals surface area contributed by atoms with Gasteiger partial charge in [-0.05, 0) is 12.8 Å². The van der Waals surface area contributed by atoms with Crippen LogP contribution in [0.1, 0.15) is 19.3 Å². The maximum Gasteiger partial charge on any atom is 0.410 e. The number of hydrogen-bond donors (Lipinski definition) is 1. The molecule has 6 heteroatoms. The highest BCUT2D eigenvalue weighted by atomic mass is 19.4. The maximum atomic E-state index is 12.4. The molecule has 0 bridgehead atoms. The molecule has 1 rings (SSSR count). The van der Waals surface area contributed by atoms with Gasteiger partial charge in [-0.3, -0.25) is 4.79 Å². The van der Waals surface area contributed by atoms with Gasteiger partial charge in [0.25, 0.3) is 0 Å². The van der Waals surface area contributed by atoms with E-state index < -0.39 is 24.7 Å². The maximum absolute atomic E-state index is 12.4. The van der Waals surface area contributed by atoms with Crippen LogP contribution in [-0.2, 0) is 4.79 Å². The number of carbonyl (C=O) groups excluding carboxylic acids is 1. The summed E-state index contributed by atoms with van der Waals surface area (Å²) >= 11 is 0. The van der Waals surface area contributed by atoms with Gasteiger partial charge in [0, 0.05) is 19.5 Å². The monoisotopic (exact) mass is 210 g/mol. The minimum Gasteiger partial charge on any atom is -0.329 e. The van der Waals surface area contributed by atoms with E-state index >= 15 is 0 Å². The molecule has 0 aliphatic carbocycles. The summed E-state index contributed by atoms with van der Waals surface area (Å²) in [6.07, 6.45) is -2.92. The first-order valence-electron chi connectivity index (χ1n) is 4.53. The number of rotatable bonds is 2. The Labute approximate surface area is 80.0 Å². The number of piperidine rings is 1. The third-order valence-corrected chi connectivity index (χ3v) is 2.34. The van der Waals surface area contributed by atoms with Crippen molar-refractivity contribution >= 4 is 5.91 Å². The van der Waals surface area contributed by atoms with Crippen molar-refractivity contribution in [2.45, 2.75) is 31.5 Å². The quantitative estimate of drug-likeness (QED) is 0.735. The van der Waals surface area contributed by atoms with Gasteiger partial charge in [-0.25, -0.2) is 0 Å². The molecule has 1 amide bonds. The number of nitrogens with zero attached hydrogens (tertiary/aromatic N) is 1. The predicted molar refractivity (Wildman–Crippen MR) is 44.5 cm³/mol. The molecular weight excluding hydrogens is 197 g/mol. The summed E-state index contributed by atoms with van der Waals surface area (Å²) in [4.78, 5) is 12.1. The Hall–Kier alpha value is -0.780. The molecule has 0 saturated carbocycles. The van der Waals surface area contributed by atoms with Crippen LogP contribution in [0.15, 0.2) is 0 Å². The first kappa shape index (κ1) is 11.3. The van der Waals surface area contributed by atoms with Crippen molar-refractivity contribution in [1.29, 1.82) is 0 Å². The van der Waals surface area contributed by atoms with E-state index in [1.165, 1.54) is 0 Å². The van der Waals surface area contributed by atoms with E-state index in [1.54, 1.807) is 0 Å². The Balaban J connectivity index is 2.72. The SMILES string of the molecule is NCC(N1CCCCC1=O)C(F)(F)F. The highest BCUT2D eigenvalue weighted by molar-refractivity contribution is 5.77. The summed E-state index contributed by atoms with van der Waals surface area (Å²) < 4.78 is 37.2. The third-order valence-electron chi connectivity index (χ3n) is 2.34. The fraction of sp³-hybridized carbons (Fsp3) is 0.875. The standard InChI is InChI=1S/C8H13F3N2O/c9-8(10,11)6(5-12)13-4-2-1-3-7(13)14/h6H,1-5,12H2. The van der Waals surface area contributed by atoms with Crippen molar-refractivity contribution in [3.63, 3.8) is 0 Å². The minimum atomic E-state index is -4.41. The van der Waals surface area contributed by atoms with Crippen LogP contribution in [0.4, 0.5) is 13.2 Å². The molecule has 0 aromatic rings. The number of likely N-dealkylation sites (tertiary alicyclic amines) is 1. The van der Waals surface area contributed by atoms with Crippen molar-refractivity contribution in [3.8, 4) is 0 Å². The number of nitrogens with two attached hydrogens (primary N) is 1. The van der Waals surface area contributed by atoms with Crippen LogP contribution in [-0.4, -0.2) is 36.1 Å². The van der Waals surface area contributed by atoms with Gasteiger partial charge >= 0.3 is 6.18 Å². The third kappa shape index (κ3) is 2.37. The Morgan fingerprint density at radius 2 is 2.07 bits per heavy atom. The van der Waals surface area contributed by atoms with Gasteiger partial charge in [0.1, 0.15) is 6.04 Å². The fourth-order valence-corrected chi connectivity index (χ4v) is 1.59. The van der Waals surface area contributed by atoms with Gasteiger partial charge in [-0.2, -0.15) is 13.2 Å². The van der Waals surface area contributed by atoms with Crippen molar-refractivity contribution in [2.24, 2.45) is 5.73 Å². The second kappa shape index (κ2) is 4.16. The molecule has 1 aliphatic heterocycles. The van der Waals surface area contributed by atoms with Gasteiger partial charge in [-0.1, -0.05) is 0 Å². The highest BCUT2D eigenvalue weighted by Crippen LogP contribution is 2.26. The molecule has 1 unspecified atom stereocenters. The molecule has 1 aliphatic rings. The van der Waals surface area contributed by atoms with E-state index in [1.807, 2.05) is 0 Å². The van der Waals surface area contributed by atoms with Crippen LogP contribution in [0.5, 0.6) is 0 Å². The number of amides is 1. The van der Waals surface area contributed by atoms with E-state index in [0.717, 1.165) is 4.90 Å². The lowest BCUT2D eigenvalue weighted by Crippen LogP contribution is -2.54. The van der Waals surface area contributed by atoms with Crippen molar-refractivity contribution in [2.75, 3.05) is 13.1 Å². The first-order valence-corrected chi connectivity index (χ1v) is 4.53. The van der Waals surface area contributed by atoms with E-state index in [4.69, 9.17) is 5.73 Å². The van der Waals surface area contributed by atoms with Gasteiger partial charge in [0.2, 0.25) is 5.91 Å². The summed E-state index contributed by atoms with van der Waals surface area (Å²) in [7, 11) is 0. The molecular formula is C8H13F3N2O. The van der Waals surface area contributed by atoms with E-state index in [2.05, 4.69) is 0 Å². The van der Waals surface area contributed by atoms with Crippen molar-refractivity contribution in [3.05, 3.63) is 0 Å². The number of carbonyl (C=O) groups is 1. The molecule has 0 aromatic heterocycles. The Morgan fingerprint density at radius 1 is 1.43 bits per heavy atom. The second-order valence-corrected chi connectivity index (χ2v) is 3.34. The molecule has 0 radical (unpaired) electrons. The second-order valence-electron chi connectivity index (χ2n) is 3.34. The summed E-state index contributed by atoms with van der Waals surface area (Å²) in [6, 6.07) is -1.81. The lowest BCUT2D eigenvalue weighted by molar-refractivity contribution is -0.189. The molecule has 0 spiro atoms. The minimum absolute atomic E-state index is 0.167. The predicted octanol–water partition coefficient (Wildman–Crippen LogP) is 0.888. The van der Waals surface area contributed by atoms with Crippen LogP contribution in [0, 0.1) is 0 Å². The molecule has 2 N–H and O–H groups in total. The van der Waals surface area contributed by atoms with E-state index in [-0.39, 0.29) is 13.0 Å². The molecule has 1 heterocycles. The molecule has 1 atom stereocenters. The molecule has 1 fully saturated rings. The van der Waals surface area contributed by atoms with Crippen LogP contribution >= 0.6 is 0 Å². The lowest BCUT2D eigenvalue weighted by atomic mass is 10.1. The summed E-state index contributed by atoms with van der Waals surface area (Å²) in [5.41, 5.74) is 5.04. The van der Waals surface area contributed by atoms with Crippen LogP contribution in [0.3, 0.4) is 0 Å². The fourth-order valence-electron chi connectivity index (χ4n) is 1.59. The van der Waals surface area contributed by atoms with Gasteiger partial charge in [-0.15, -0.1) is 0 Å². The van der Waals surface area contributed by atoms with E-state index in [0.29, 0.717) is 12.8 Å². The topological polar surface area (TPSA) is 46.3 Å². The summed E-state index contributed by atoms with van der Waals surface area (Å²) in [5.74, 6) is -0.441. The van der Waals surface area contributed by atoms with Crippen LogP contribution in [0.2, 0.25) is 0 Å². The van der Waals surface area contributed by atoms with E-state index in [9.17, 15) is 18.0 Å². The smallest absolute Gasteiger partial charge is 0.329 e. The Morgan fingerprint density at radius 3 is 2.50 bits per heavy atom. The Kier molecular flexibility index (Phi) is 3.36. The summed E-state index contributed by atoms with van der Waals surface area (Å²) in [6.45, 7) is -0.393. The average molecular weight is 210 g/mol. The average Bonchev–Trinajstić information content (AvgIpc) is 2.07. The number of hydrogen-bond acceptors (Lipinski definition) is 2. The van der Waals surface area contributed by atoms with Gasteiger partial charge in [0.05, 0.1) is 0 Å². The molecule has 0 aromatic carbocycles.